The number of anilines is 1. The number of carboxylic acid groups (broad SMARTS) is 1. The molecule has 1 aliphatic carbocycles. The van der Waals surface area contributed by atoms with Gasteiger partial charge in [0.1, 0.15) is 11.5 Å². The maximum atomic E-state index is 8.36. The molecular weight excluding hydrogens is 412 g/mol. The van der Waals surface area contributed by atoms with Gasteiger partial charge < -0.3 is 24.6 Å². The average Bonchev–Trinajstić information content (AvgIpc) is 3.20. The van der Waals surface area contributed by atoms with E-state index < -0.39 is 0 Å². The summed E-state index contributed by atoms with van der Waals surface area (Å²) in [6, 6.07) is 8.07. The second-order valence-electron chi connectivity index (χ2n) is 8.02. The van der Waals surface area contributed by atoms with E-state index in [9.17, 15) is 0 Å². The molecule has 1 aliphatic heterocycles. The Balaban J connectivity index is 0.000000913. The number of ether oxygens (including phenoxy) is 3. The molecule has 9 heteroatoms. The number of pyridine rings is 2. The van der Waals surface area contributed by atoms with E-state index in [2.05, 4.69) is 20.2 Å². The third kappa shape index (κ3) is 5.66. The predicted octanol–water partition coefficient (Wildman–Crippen LogP) is 2.53. The fourth-order valence-electron chi connectivity index (χ4n) is 4.87. The molecule has 3 heterocycles. The standard InChI is InChI=1S/C22H30N4O3.CH2O2/c1-27-19-7-9-23-18(22(19)29-3)14-26-12-15-10-17(20(28-2)11-16(15)13-26)25-21-6-4-5-8-24-21;2-1-3/h4-9,15-17,20H,10-14H2,1-3H3,(H,24,25);1H,(H,2,3)/t15-,16+,17-,20-;/m1./s1. The van der Waals surface area contributed by atoms with E-state index >= 15 is 0 Å². The van der Waals surface area contributed by atoms with Crippen LogP contribution < -0.4 is 14.8 Å². The molecule has 174 valence electrons. The smallest absolute Gasteiger partial charge is 0.290 e. The number of carbonyl (C=O) groups is 1. The molecular formula is C23H32N4O5. The fourth-order valence-corrected chi connectivity index (χ4v) is 4.87. The zero-order valence-corrected chi connectivity index (χ0v) is 18.8. The quantitative estimate of drug-likeness (QED) is 0.623. The van der Waals surface area contributed by atoms with Crippen molar-refractivity contribution in [2.75, 3.05) is 39.7 Å². The van der Waals surface area contributed by atoms with Crippen LogP contribution in [-0.2, 0) is 16.1 Å². The van der Waals surface area contributed by atoms with Gasteiger partial charge in [-0.2, -0.15) is 0 Å². The van der Waals surface area contributed by atoms with Crippen LogP contribution in [0.5, 0.6) is 11.5 Å². The number of nitrogens with one attached hydrogen (secondary N) is 1. The molecule has 0 radical (unpaired) electrons. The summed E-state index contributed by atoms with van der Waals surface area (Å²) >= 11 is 0. The minimum atomic E-state index is -0.250. The number of hydrogen-bond donors (Lipinski definition) is 2. The third-order valence-corrected chi connectivity index (χ3v) is 6.23. The average molecular weight is 445 g/mol. The van der Waals surface area contributed by atoms with E-state index in [1.807, 2.05) is 37.6 Å². The van der Waals surface area contributed by atoms with Crippen molar-refractivity contribution in [3.05, 3.63) is 42.4 Å². The summed E-state index contributed by atoms with van der Waals surface area (Å²) in [6.45, 7) is 2.63. The molecule has 2 aliphatic rings. The summed E-state index contributed by atoms with van der Waals surface area (Å²) in [7, 11) is 5.14. The van der Waals surface area contributed by atoms with Gasteiger partial charge in [0, 0.05) is 45.2 Å². The molecule has 4 atom stereocenters. The Morgan fingerprint density at radius 3 is 2.47 bits per heavy atom. The fraction of sp³-hybridized carbons (Fsp3) is 0.522. The van der Waals surface area contributed by atoms with Crippen LogP contribution in [0.4, 0.5) is 5.82 Å². The lowest BCUT2D eigenvalue weighted by Crippen LogP contribution is -2.44. The van der Waals surface area contributed by atoms with Crippen molar-refractivity contribution in [3.63, 3.8) is 0 Å². The van der Waals surface area contributed by atoms with E-state index in [0.29, 0.717) is 11.8 Å². The summed E-state index contributed by atoms with van der Waals surface area (Å²) in [5.41, 5.74) is 0.928. The highest BCUT2D eigenvalue weighted by Gasteiger charge is 2.42. The van der Waals surface area contributed by atoms with Gasteiger partial charge in [-0.3, -0.25) is 14.7 Å². The summed E-state index contributed by atoms with van der Waals surface area (Å²) in [5.74, 6) is 3.65. The molecule has 0 unspecified atom stereocenters. The Morgan fingerprint density at radius 1 is 1.09 bits per heavy atom. The maximum Gasteiger partial charge on any atom is 0.290 e. The van der Waals surface area contributed by atoms with Crippen molar-refractivity contribution in [1.29, 1.82) is 0 Å². The van der Waals surface area contributed by atoms with Crippen molar-refractivity contribution >= 4 is 12.3 Å². The number of nitrogens with zero attached hydrogens (tertiary/aromatic N) is 3. The van der Waals surface area contributed by atoms with Crippen LogP contribution in [0, 0.1) is 11.8 Å². The first-order chi connectivity index (χ1) is 15.6. The highest BCUT2D eigenvalue weighted by molar-refractivity contribution is 5.42. The minimum absolute atomic E-state index is 0.197. The molecule has 0 spiro atoms. The van der Waals surface area contributed by atoms with Gasteiger partial charge in [0.2, 0.25) is 0 Å². The molecule has 32 heavy (non-hydrogen) atoms. The number of methoxy groups -OCH3 is 3. The summed E-state index contributed by atoms with van der Waals surface area (Å²) < 4.78 is 16.8. The highest BCUT2D eigenvalue weighted by atomic mass is 16.5. The minimum Gasteiger partial charge on any atom is -0.493 e. The van der Waals surface area contributed by atoms with Gasteiger partial charge >= 0.3 is 0 Å². The zero-order chi connectivity index (χ0) is 22.9. The lowest BCUT2D eigenvalue weighted by molar-refractivity contribution is -0.122. The number of hydrogen-bond acceptors (Lipinski definition) is 8. The van der Waals surface area contributed by atoms with Gasteiger partial charge in [-0.1, -0.05) is 6.07 Å². The molecule has 2 fully saturated rings. The summed E-state index contributed by atoms with van der Waals surface area (Å²) in [5, 5.41) is 10.5. The van der Waals surface area contributed by atoms with Crippen molar-refractivity contribution in [1.82, 2.24) is 14.9 Å². The molecule has 2 N–H and O–H groups in total. The Kier molecular flexibility index (Phi) is 8.64. The number of fused-ring (bicyclic) bond motifs is 1. The number of aromatic nitrogens is 2. The Labute approximate surface area is 188 Å². The lowest BCUT2D eigenvalue weighted by atomic mass is 9.77. The highest BCUT2D eigenvalue weighted by Crippen LogP contribution is 2.39. The molecule has 1 saturated heterocycles. The molecule has 0 bridgehead atoms. The van der Waals surface area contributed by atoms with Crippen LogP contribution >= 0.6 is 0 Å². The van der Waals surface area contributed by atoms with Crippen LogP contribution in [0.1, 0.15) is 18.5 Å². The summed E-state index contributed by atoms with van der Waals surface area (Å²) in [4.78, 5) is 19.8. The van der Waals surface area contributed by atoms with E-state index in [1.165, 1.54) is 0 Å². The van der Waals surface area contributed by atoms with Crippen molar-refractivity contribution in [2.45, 2.75) is 31.5 Å². The molecule has 9 nitrogen and oxygen atoms in total. The van der Waals surface area contributed by atoms with Crippen molar-refractivity contribution < 1.29 is 24.1 Å². The Bertz CT molecular complexity index is 854. The number of likely N-dealkylation sites (tertiary alicyclic amines) is 1. The largest absolute Gasteiger partial charge is 0.493 e. The number of rotatable bonds is 7. The van der Waals surface area contributed by atoms with Crippen LogP contribution in [0.2, 0.25) is 0 Å². The SMILES string of the molecule is COc1ccnc(CN2C[C@H]3C[C@@H](Nc4ccccn4)[C@H](OC)C[C@H]3C2)c1OC.O=CO. The van der Waals surface area contributed by atoms with Crippen molar-refractivity contribution in [3.8, 4) is 11.5 Å². The first-order valence-electron chi connectivity index (χ1n) is 10.7. The van der Waals surface area contributed by atoms with E-state index in [1.54, 1.807) is 20.4 Å². The second kappa shape index (κ2) is 11.6. The second-order valence-corrected chi connectivity index (χ2v) is 8.02. The lowest BCUT2D eigenvalue weighted by Gasteiger charge is -2.37. The molecule has 2 aromatic heterocycles. The first-order valence-corrected chi connectivity index (χ1v) is 10.7. The van der Waals surface area contributed by atoms with Crippen LogP contribution in [0.15, 0.2) is 36.7 Å². The van der Waals surface area contributed by atoms with E-state index in [0.717, 1.165) is 55.5 Å². The van der Waals surface area contributed by atoms with Gasteiger partial charge in [-0.05, 0) is 36.8 Å². The summed E-state index contributed by atoms with van der Waals surface area (Å²) in [6.07, 6.45) is 5.95. The molecule has 0 amide bonds. The topological polar surface area (TPSA) is 106 Å². The van der Waals surface area contributed by atoms with Gasteiger partial charge in [-0.15, -0.1) is 0 Å². The van der Waals surface area contributed by atoms with Crippen LogP contribution in [0.3, 0.4) is 0 Å². The Hall–Kier alpha value is -2.91. The van der Waals surface area contributed by atoms with Gasteiger partial charge in [0.25, 0.3) is 6.47 Å². The van der Waals surface area contributed by atoms with E-state index in [-0.39, 0.29) is 18.6 Å². The third-order valence-electron chi connectivity index (χ3n) is 6.23. The van der Waals surface area contributed by atoms with Gasteiger partial charge in [0.15, 0.2) is 11.5 Å². The van der Waals surface area contributed by atoms with Gasteiger partial charge in [0.05, 0.1) is 26.4 Å². The first kappa shape index (κ1) is 23.7. The Morgan fingerprint density at radius 2 is 1.84 bits per heavy atom. The molecule has 1 saturated carbocycles. The normalized spacial score (nSPS) is 24.6. The zero-order valence-electron chi connectivity index (χ0n) is 18.8. The van der Waals surface area contributed by atoms with Crippen molar-refractivity contribution in [2.24, 2.45) is 11.8 Å². The monoisotopic (exact) mass is 444 g/mol. The van der Waals surface area contributed by atoms with Crippen LogP contribution in [0.25, 0.3) is 0 Å². The molecule has 2 aromatic rings. The van der Waals surface area contributed by atoms with Gasteiger partial charge in [-0.25, -0.2) is 4.98 Å². The molecule has 0 aromatic carbocycles. The maximum absolute atomic E-state index is 8.36. The van der Waals surface area contributed by atoms with E-state index in [4.69, 9.17) is 24.1 Å². The predicted molar refractivity (Wildman–Crippen MR) is 120 cm³/mol. The van der Waals surface area contributed by atoms with Crippen LogP contribution in [-0.4, -0.2) is 73.0 Å². The molecule has 4 rings (SSSR count).